The summed E-state index contributed by atoms with van der Waals surface area (Å²) in [4.78, 5) is 25.3. The summed E-state index contributed by atoms with van der Waals surface area (Å²) in [7, 11) is 0. The Morgan fingerprint density at radius 1 is 1.04 bits per heavy atom. The first kappa shape index (κ1) is 17.8. The number of carbonyl (C=O) groups is 2. The summed E-state index contributed by atoms with van der Waals surface area (Å²) in [5.74, 6) is 0.663. The van der Waals surface area contributed by atoms with Crippen molar-refractivity contribution in [1.82, 2.24) is 4.98 Å². The molecule has 0 bridgehead atoms. The lowest BCUT2D eigenvalue weighted by Crippen LogP contribution is -2.18. The largest absolute Gasteiger partial charge is 0.478 e. The fourth-order valence-corrected chi connectivity index (χ4v) is 3.44. The van der Waals surface area contributed by atoms with E-state index in [0.29, 0.717) is 17.1 Å². The Kier molecular flexibility index (Phi) is 5.11. The highest BCUT2D eigenvalue weighted by molar-refractivity contribution is 5.95. The van der Waals surface area contributed by atoms with E-state index in [0.717, 1.165) is 42.3 Å². The minimum absolute atomic E-state index is 0.201. The number of hydrogen-bond donors (Lipinski definition) is 3. The molecule has 0 radical (unpaired) electrons. The number of carboxylic acid groups (broad SMARTS) is 1. The van der Waals surface area contributed by atoms with Crippen LogP contribution in [-0.2, 0) is 0 Å². The first-order valence-corrected chi connectivity index (χ1v) is 8.48. The minimum atomic E-state index is -0.910. The quantitative estimate of drug-likeness (QED) is 0.753. The number of primary amides is 2. The molecular weight excluding hydrogens is 338 g/mol. The molecule has 2 aromatic rings. The zero-order valence-corrected chi connectivity index (χ0v) is 14.2. The lowest BCUT2D eigenvalue weighted by atomic mass is 9.84. The molecule has 1 aromatic carbocycles. The molecule has 0 unspecified atom stereocenters. The van der Waals surface area contributed by atoms with Gasteiger partial charge in [0.1, 0.15) is 0 Å². The van der Waals surface area contributed by atoms with Crippen LogP contribution in [0.4, 0.5) is 4.79 Å². The van der Waals surface area contributed by atoms with Crippen molar-refractivity contribution in [2.75, 3.05) is 6.79 Å². The van der Waals surface area contributed by atoms with Crippen molar-refractivity contribution in [2.24, 2.45) is 11.5 Å². The molecule has 1 aliphatic carbocycles. The fourth-order valence-electron chi connectivity index (χ4n) is 3.44. The van der Waals surface area contributed by atoms with Gasteiger partial charge < -0.3 is 26.0 Å². The predicted molar refractivity (Wildman–Crippen MR) is 94.4 cm³/mol. The van der Waals surface area contributed by atoms with E-state index in [1.807, 2.05) is 12.1 Å². The van der Waals surface area contributed by atoms with Gasteiger partial charge in [0, 0.05) is 17.4 Å². The number of benzene rings is 1. The molecule has 1 fully saturated rings. The Morgan fingerprint density at radius 2 is 1.65 bits per heavy atom. The average Bonchev–Trinajstić information content (AvgIpc) is 3.06. The number of nitrogens with two attached hydrogens (primary N) is 2. The van der Waals surface area contributed by atoms with Crippen molar-refractivity contribution < 1.29 is 24.2 Å². The van der Waals surface area contributed by atoms with Gasteiger partial charge in [0.25, 0.3) is 0 Å². The second-order valence-corrected chi connectivity index (χ2v) is 6.36. The first-order valence-electron chi connectivity index (χ1n) is 8.48. The fraction of sp³-hybridized carbons (Fsp3) is 0.389. The van der Waals surface area contributed by atoms with Gasteiger partial charge in [0.2, 0.25) is 6.79 Å². The maximum Gasteiger partial charge on any atom is 0.337 e. The number of hydrogen-bond acceptors (Lipinski definition) is 5. The lowest BCUT2D eigenvalue weighted by Gasteiger charge is -2.22. The van der Waals surface area contributed by atoms with Gasteiger partial charge in [-0.25, -0.2) is 9.59 Å². The molecule has 2 amide bonds. The summed E-state index contributed by atoms with van der Waals surface area (Å²) >= 11 is 0. The van der Waals surface area contributed by atoms with E-state index in [4.69, 9.17) is 14.3 Å². The number of carbonyl (C=O) groups excluding carboxylic acids is 1. The van der Waals surface area contributed by atoms with E-state index >= 15 is 0 Å². The van der Waals surface area contributed by atoms with Crippen LogP contribution < -0.4 is 20.9 Å². The van der Waals surface area contributed by atoms with Gasteiger partial charge in [0.15, 0.2) is 11.5 Å². The Bertz CT molecular complexity index is 842. The van der Waals surface area contributed by atoms with E-state index in [2.05, 4.69) is 16.5 Å². The number of amides is 2. The third-order valence-electron chi connectivity index (χ3n) is 4.56. The summed E-state index contributed by atoms with van der Waals surface area (Å²) in [5, 5.41) is 10.3. The van der Waals surface area contributed by atoms with E-state index in [1.165, 1.54) is 6.42 Å². The standard InChI is InChI=1S/C17H17NO4.CH4N2O/c19-17(20)12-6-11-7-14-15(22-9-21-14)8-13(11)18-16(12)10-4-2-1-3-5-10;2-1(3)4/h6-8,10H,1-5,9H2,(H,19,20);(H4,2,3,4). The van der Waals surface area contributed by atoms with Crippen LogP contribution in [0.5, 0.6) is 11.5 Å². The Balaban J connectivity index is 0.000000447. The Hall–Kier alpha value is -3.03. The molecule has 2 aliphatic rings. The topological polar surface area (TPSA) is 138 Å². The van der Waals surface area contributed by atoms with Crippen molar-refractivity contribution in [3.05, 3.63) is 29.5 Å². The zero-order valence-electron chi connectivity index (χ0n) is 14.2. The molecule has 0 spiro atoms. The number of aromatic nitrogens is 1. The normalized spacial score (nSPS) is 16.0. The molecule has 0 saturated heterocycles. The predicted octanol–water partition coefficient (Wildman–Crippen LogP) is 2.73. The van der Waals surface area contributed by atoms with Gasteiger partial charge in [0.05, 0.1) is 16.8 Å². The highest BCUT2D eigenvalue weighted by Gasteiger charge is 2.24. The number of ether oxygens (including phenoxy) is 2. The molecule has 8 heteroatoms. The van der Waals surface area contributed by atoms with Crippen molar-refractivity contribution >= 4 is 22.9 Å². The molecule has 1 aliphatic heterocycles. The van der Waals surface area contributed by atoms with Crippen LogP contribution in [0.2, 0.25) is 0 Å². The van der Waals surface area contributed by atoms with Gasteiger partial charge >= 0.3 is 12.0 Å². The van der Waals surface area contributed by atoms with E-state index in [1.54, 1.807) is 6.07 Å². The van der Waals surface area contributed by atoms with Crippen molar-refractivity contribution in [2.45, 2.75) is 38.0 Å². The number of pyridine rings is 1. The number of nitrogens with zero attached hydrogens (tertiary/aromatic N) is 1. The van der Waals surface area contributed by atoms with Gasteiger partial charge in [-0.1, -0.05) is 19.3 Å². The molecular formula is C18H21N3O5. The lowest BCUT2D eigenvalue weighted by molar-refractivity contribution is 0.0694. The Labute approximate surface area is 150 Å². The maximum absolute atomic E-state index is 11.6. The van der Waals surface area contributed by atoms with Gasteiger partial charge in [-0.2, -0.15) is 0 Å². The van der Waals surface area contributed by atoms with Crippen LogP contribution in [-0.4, -0.2) is 28.9 Å². The summed E-state index contributed by atoms with van der Waals surface area (Å²) in [6.07, 6.45) is 5.55. The SMILES string of the molecule is NC(N)=O.O=C(O)c1cc2cc3c(cc2nc1C1CCCCC1)OCO3. The smallest absolute Gasteiger partial charge is 0.337 e. The molecule has 5 N–H and O–H groups in total. The van der Waals surface area contributed by atoms with E-state index in [-0.39, 0.29) is 12.7 Å². The molecule has 1 saturated carbocycles. The summed E-state index contributed by atoms with van der Waals surface area (Å²) in [6, 6.07) is 4.54. The highest BCUT2D eigenvalue weighted by atomic mass is 16.7. The van der Waals surface area contributed by atoms with Crippen LogP contribution in [0.3, 0.4) is 0 Å². The highest BCUT2D eigenvalue weighted by Crippen LogP contribution is 2.38. The third-order valence-corrected chi connectivity index (χ3v) is 4.56. The summed E-state index contributed by atoms with van der Waals surface area (Å²) in [6.45, 7) is 0.201. The van der Waals surface area contributed by atoms with Gasteiger partial charge in [-0.15, -0.1) is 0 Å². The Morgan fingerprint density at radius 3 is 2.27 bits per heavy atom. The summed E-state index contributed by atoms with van der Waals surface area (Å²) < 4.78 is 10.7. The van der Waals surface area contributed by atoms with Crippen molar-refractivity contribution in [3.63, 3.8) is 0 Å². The summed E-state index contributed by atoms with van der Waals surface area (Å²) in [5.41, 5.74) is 10.3. The van der Waals surface area contributed by atoms with Crippen LogP contribution >= 0.6 is 0 Å². The molecule has 8 nitrogen and oxygen atoms in total. The van der Waals surface area contributed by atoms with Crippen LogP contribution in [0.15, 0.2) is 18.2 Å². The second-order valence-electron chi connectivity index (χ2n) is 6.36. The zero-order chi connectivity index (χ0) is 18.7. The third kappa shape index (κ3) is 3.79. The molecule has 2 heterocycles. The van der Waals surface area contributed by atoms with Crippen LogP contribution in [0, 0.1) is 0 Å². The number of carboxylic acids is 1. The average molecular weight is 359 g/mol. The molecule has 4 rings (SSSR count). The minimum Gasteiger partial charge on any atom is -0.478 e. The molecule has 138 valence electrons. The van der Waals surface area contributed by atoms with E-state index in [9.17, 15) is 9.90 Å². The molecule has 1 aromatic heterocycles. The van der Waals surface area contributed by atoms with Gasteiger partial charge in [-0.3, -0.25) is 4.98 Å². The number of rotatable bonds is 2. The van der Waals surface area contributed by atoms with Gasteiger partial charge in [-0.05, 0) is 25.0 Å². The van der Waals surface area contributed by atoms with Crippen molar-refractivity contribution in [1.29, 1.82) is 0 Å². The number of fused-ring (bicyclic) bond motifs is 2. The first-order chi connectivity index (χ1) is 12.5. The number of urea groups is 1. The number of aromatic carboxylic acids is 1. The van der Waals surface area contributed by atoms with Crippen LogP contribution in [0.25, 0.3) is 10.9 Å². The maximum atomic E-state index is 11.6. The van der Waals surface area contributed by atoms with E-state index < -0.39 is 12.0 Å². The van der Waals surface area contributed by atoms with Crippen molar-refractivity contribution in [3.8, 4) is 11.5 Å². The molecule has 26 heavy (non-hydrogen) atoms. The molecule has 0 atom stereocenters. The second kappa shape index (κ2) is 7.47. The van der Waals surface area contributed by atoms with Crippen LogP contribution in [0.1, 0.15) is 54.1 Å². The monoisotopic (exact) mass is 359 g/mol.